The fraction of sp³-hybridized carbons (Fsp3) is 0.854. The first-order valence-corrected chi connectivity index (χ1v) is 19.9. The molecule has 0 bridgehead atoms. The summed E-state index contributed by atoms with van der Waals surface area (Å²) in [5.74, 6) is -0.588. The molecule has 0 saturated carbocycles. The van der Waals surface area contributed by atoms with Gasteiger partial charge in [-0.25, -0.2) is 0 Å². The number of hydrogen-bond donors (Lipinski definition) is 1. The molecule has 0 aromatic carbocycles. The van der Waals surface area contributed by atoms with Crippen LogP contribution < -0.4 is 0 Å². The summed E-state index contributed by atoms with van der Waals surface area (Å²) in [5, 5.41) is 9.54. The summed E-state index contributed by atoms with van der Waals surface area (Å²) in [6.07, 6.45) is 43.8. The van der Waals surface area contributed by atoms with Crippen LogP contribution in [0.3, 0.4) is 0 Å². The normalized spacial score (nSPS) is 12.3. The lowest BCUT2D eigenvalue weighted by atomic mass is 10.0. The predicted molar refractivity (Wildman–Crippen MR) is 196 cm³/mol. The molecule has 0 amide bonds. The molecule has 0 rings (SSSR count). The van der Waals surface area contributed by atoms with Crippen molar-refractivity contribution in [3.8, 4) is 0 Å². The molecule has 0 spiro atoms. The van der Waals surface area contributed by atoms with Crippen molar-refractivity contribution in [2.45, 2.75) is 213 Å². The highest BCUT2D eigenvalue weighted by molar-refractivity contribution is 5.70. The Labute approximate surface area is 285 Å². The third-order valence-corrected chi connectivity index (χ3v) is 8.75. The smallest absolute Gasteiger partial charge is 0.306 e. The van der Waals surface area contributed by atoms with Crippen molar-refractivity contribution in [1.82, 2.24) is 0 Å². The van der Waals surface area contributed by atoms with E-state index in [9.17, 15) is 14.7 Å². The molecule has 0 fully saturated rings. The molecule has 0 aliphatic heterocycles. The van der Waals surface area contributed by atoms with Crippen molar-refractivity contribution in [3.05, 3.63) is 24.3 Å². The van der Waals surface area contributed by atoms with E-state index in [4.69, 9.17) is 9.47 Å². The van der Waals surface area contributed by atoms with E-state index < -0.39 is 6.10 Å². The molecule has 5 heteroatoms. The van der Waals surface area contributed by atoms with E-state index in [2.05, 4.69) is 38.2 Å². The van der Waals surface area contributed by atoms with Crippen molar-refractivity contribution in [1.29, 1.82) is 0 Å². The van der Waals surface area contributed by atoms with Crippen LogP contribution in [0.25, 0.3) is 0 Å². The van der Waals surface area contributed by atoms with Crippen LogP contribution >= 0.6 is 0 Å². The van der Waals surface area contributed by atoms with E-state index in [1.807, 2.05) is 0 Å². The fourth-order valence-electron chi connectivity index (χ4n) is 5.70. The number of hydrogen-bond acceptors (Lipinski definition) is 5. The number of ether oxygens (including phenoxy) is 2. The van der Waals surface area contributed by atoms with Gasteiger partial charge in [0.15, 0.2) is 6.10 Å². The van der Waals surface area contributed by atoms with Crippen molar-refractivity contribution in [2.75, 3.05) is 13.2 Å². The third-order valence-electron chi connectivity index (χ3n) is 8.75. The van der Waals surface area contributed by atoms with Crippen molar-refractivity contribution in [3.63, 3.8) is 0 Å². The Bertz CT molecular complexity index is 701. The molecule has 0 saturated heterocycles. The van der Waals surface area contributed by atoms with Crippen LogP contribution in [0.4, 0.5) is 0 Å². The Morgan fingerprint density at radius 2 is 0.870 bits per heavy atom. The molecule has 46 heavy (non-hydrogen) atoms. The van der Waals surface area contributed by atoms with Gasteiger partial charge >= 0.3 is 11.9 Å². The summed E-state index contributed by atoms with van der Waals surface area (Å²) in [6, 6.07) is 0. The van der Waals surface area contributed by atoms with Crippen LogP contribution in [-0.2, 0) is 19.1 Å². The maximum absolute atomic E-state index is 12.1. The van der Waals surface area contributed by atoms with E-state index >= 15 is 0 Å². The second-order valence-electron chi connectivity index (χ2n) is 13.4. The molecular formula is C41H76O5. The number of rotatable bonds is 36. The summed E-state index contributed by atoms with van der Waals surface area (Å²) in [6.45, 7) is 4.12. The molecule has 0 radical (unpaired) electrons. The van der Waals surface area contributed by atoms with E-state index in [0.717, 1.165) is 44.9 Å². The Hall–Kier alpha value is -1.62. The average molecular weight is 649 g/mol. The number of aliphatic hydroxyl groups is 1. The standard InChI is InChI=1S/C41H76O5/c1-3-5-7-9-11-13-15-17-18-19-20-21-22-24-25-27-29-31-33-35-40(43)45-38-39(37-42)46-41(44)36-34-32-30-28-26-23-16-14-12-10-8-6-4-2/h11,13,17-18,39,42H,3-10,12,14-16,19-38H2,1-2H3/t39-/m0/s1. The van der Waals surface area contributed by atoms with E-state index in [-0.39, 0.29) is 25.2 Å². The van der Waals surface area contributed by atoms with Gasteiger partial charge in [-0.15, -0.1) is 0 Å². The van der Waals surface area contributed by atoms with Crippen molar-refractivity contribution >= 4 is 11.9 Å². The molecule has 1 N–H and O–H groups in total. The van der Waals surface area contributed by atoms with Gasteiger partial charge in [0, 0.05) is 12.8 Å². The molecule has 270 valence electrons. The highest BCUT2D eigenvalue weighted by Gasteiger charge is 2.16. The number of carbonyl (C=O) groups excluding carboxylic acids is 2. The van der Waals surface area contributed by atoms with Gasteiger partial charge in [0.05, 0.1) is 6.61 Å². The van der Waals surface area contributed by atoms with E-state index in [1.54, 1.807) is 0 Å². The van der Waals surface area contributed by atoms with Gasteiger partial charge in [-0.1, -0.05) is 173 Å². The van der Waals surface area contributed by atoms with Gasteiger partial charge in [-0.2, -0.15) is 0 Å². The molecule has 0 aromatic heterocycles. The zero-order chi connectivity index (χ0) is 33.6. The Morgan fingerprint density at radius 1 is 0.500 bits per heavy atom. The van der Waals surface area contributed by atoms with Crippen LogP contribution in [-0.4, -0.2) is 36.4 Å². The first-order chi connectivity index (χ1) is 22.6. The number of unbranched alkanes of at least 4 members (excludes halogenated alkanes) is 24. The second kappa shape index (κ2) is 37.8. The molecule has 0 unspecified atom stereocenters. The highest BCUT2D eigenvalue weighted by Crippen LogP contribution is 2.14. The summed E-state index contributed by atoms with van der Waals surface area (Å²) >= 11 is 0. The van der Waals surface area contributed by atoms with E-state index in [1.165, 1.54) is 135 Å². The van der Waals surface area contributed by atoms with Crippen LogP contribution in [0.15, 0.2) is 24.3 Å². The highest BCUT2D eigenvalue weighted by atomic mass is 16.6. The minimum absolute atomic E-state index is 0.0638. The third kappa shape index (κ3) is 35.2. The average Bonchev–Trinajstić information content (AvgIpc) is 3.06. The lowest BCUT2D eigenvalue weighted by Crippen LogP contribution is -2.28. The lowest BCUT2D eigenvalue weighted by molar-refractivity contribution is -0.161. The van der Waals surface area contributed by atoms with Gasteiger partial charge in [0.25, 0.3) is 0 Å². The first-order valence-electron chi connectivity index (χ1n) is 19.9. The summed E-state index contributed by atoms with van der Waals surface area (Å²) in [7, 11) is 0. The molecule has 0 heterocycles. The molecule has 0 aliphatic rings. The minimum atomic E-state index is -0.767. The number of carbonyl (C=O) groups is 2. The molecule has 0 aliphatic carbocycles. The maximum Gasteiger partial charge on any atom is 0.306 e. The van der Waals surface area contributed by atoms with Crippen molar-refractivity contribution < 1.29 is 24.2 Å². The number of aliphatic hydroxyl groups excluding tert-OH is 1. The van der Waals surface area contributed by atoms with Crippen LogP contribution in [0.5, 0.6) is 0 Å². The Balaban J connectivity index is 3.53. The fourth-order valence-corrected chi connectivity index (χ4v) is 5.70. The van der Waals surface area contributed by atoms with Gasteiger partial charge in [0.2, 0.25) is 0 Å². The number of esters is 2. The van der Waals surface area contributed by atoms with Crippen LogP contribution in [0.2, 0.25) is 0 Å². The van der Waals surface area contributed by atoms with Crippen LogP contribution in [0, 0.1) is 0 Å². The van der Waals surface area contributed by atoms with Crippen molar-refractivity contribution in [2.24, 2.45) is 0 Å². The summed E-state index contributed by atoms with van der Waals surface area (Å²) < 4.78 is 10.6. The number of allylic oxidation sites excluding steroid dienone is 4. The SMILES string of the molecule is CCCCCC=CCC=CCCCCCCCCCCCC(=O)OC[C@H](CO)OC(=O)CCCCCCCCCCCCCCC. The molecular weight excluding hydrogens is 572 g/mol. The lowest BCUT2D eigenvalue weighted by Gasteiger charge is -2.15. The largest absolute Gasteiger partial charge is 0.462 e. The first kappa shape index (κ1) is 44.4. The predicted octanol–water partition coefficient (Wildman–Crippen LogP) is 12.3. The van der Waals surface area contributed by atoms with Gasteiger partial charge in [-0.3, -0.25) is 9.59 Å². The Morgan fingerprint density at radius 3 is 1.33 bits per heavy atom. The van der Waals surface area contributed by atoms with E-state index in [0.29, 0.717) is 12.8 Å². The van der Waals surface area contributed by atoms with Crippen LogP contribution in [0.1, 0.15) is 206 Å². The zero-order valence-electron chi connectivity index (χ0n) is 30.6. The van der Waals surface area contributed by atoms with Gasteiger partial charge in [0.1, 0.15) is 6.61 Å². The quantitative estimate of drug-likeness (QED) is 0.0416. The maximum atomic E-state index is 12.1. The van der Waals surface area contributed by atoms with Gasteiger partial charge in [-0.05, 0) is 44.9 Å². The van der Waals surface area contributed by atoms with Gasteiger partial charge < -0.3 is 14.6 Å². The monoisotopic (exact) mass is 649 g/mol. The second-order valence-corrected chi connectivity index (χ2v) is 13.4. The minimum Gasteiger partial charge on any atom is -0.462 e. The topological polar surface area (TPSA) is 72.8 Å². The molecule has 1 atom stereocenters. The summed E-state index contributed by atoms with van der Waals surface area (Å²) in [4.78, 5) is 24.2. The zero-order valence-corrected chi connectivity index (χ0v) is 30.6. The summed E-state index contributed by atoms with van der Waals surface area (Å²) in [5.41, 5.74) is 0. The molecule has 5 nitrogen and oxygen atoms in total. The molecule has 0 aromatic rings. The Kier molecular flexibility index (Phi) is 36.5.